The first-order valence-corrected chi connectivity index (χ1v) is 10.4. The molecule has 4 aromatic rings. The van der Waals surface area contributed by atoms with Crippen LogP contribution < -0.4 is 0 Å². The van der Waals surface area contributed by atoms with Crippen molar-refractivity contribution in [3.8, 4) is 22.4 Å². The van der Waals surface area contributed by atoms with Crippen molar-refractivity contribution in [3.05, 3.63) is 90.5 Å². The Morgan fingerprint density at radius 2 is 1.46 bits per heavy atom. The summed E-state index contributed by atoms with van der Waals surface area (Å²) in [6.45, 7) is 2.26. The Labute approximate surface area is 168 Å². The van der Waals surface area contributed by atoms with Crippen molar-refractivity contribution in [1.82, 2.24) is 4.98 Å². The topological polar surface area (TPSA) is 12.9 Å². The number of rotatable bonds is 7. The molecule has 0 radical (unpaired) electrons. The molecule has 0 aliphatic carbocycles. The summed E-state index contributed by atoms with van der Waals surface area (Å²) >= 11 is 0. The van der Waals surface area contributed by atoms with Gasteiger partial charge >= 0.3 is 0 Å². The molecule has 0 saturated carbocycles. The molecule has 0 saturated heterocycles. The quantitative estimate of drug-likeness (QED) is 0.306. The van der Waals surface area contributed by atoms with Crippen molar-refractivity contribution in [3.63, 3.8) is 0 Å². The summed E-state index contributed by atoms with van der Waals surface area (Å²) in [7, 11) is 0. The van der Waals surface area contributed by atoms with Gasteiger partial charge in [-0.05, 0) is 47.7 Å². The van der Waals surface area contributed by atoms with Gasteiger partial charge in [0.05, 0.1) is 11.2 Å². The van der Waals surface area contributed by atoms with Crippen LogP contribution in [0.25, 0.3) is 33.3 Å². The predicted octanol–water partition coefficient (Wildman–Crippen LogP) is 7.69. The second-order valence-electron chi connectivity index (χ2n) is 7.48. The van der Waals surface area contributed by atoms with Crippen molar-refractivity contribution in [2.45, 2.75) is 39.0 Å². The smallest absolute Gasteiger partial charge is 0.0709 e. The average Bonchev–Trinajstić information content (AvgIpc) is 2.77. The molecule has 1 heteroatoms. The van der Waals surface area contributed by atoms with Crippen LogP contribution in [0.3, 0.4) is 0 Å². The van der Waals surface area contributed by atoms with Crippen LogP contribution in [0.1, 0.15) is 38.2 Å². The normalized spacial score (nSPS) is 11.0. The standard InChI is InChI=1S/C27H27N/c1-2-3-4-5-9-21-14-16-22(17-15-21)24-11-8-12-25(20-24)27-19-18-23-10-6-7-13-26(23)28-27/h6-8,10-20H,2-5,9H2,1H3. The Hall–Kier alpha value is -2.93. The average molecular weight is 366 g/mol. The molecular formula is C27H27N. The van der Waals surface area contributed by atoms with E-state index >= 15 is 0 Å². The summed E-state index contributed by atoms with van der Waals surface area (Å²) < 4.78 is 0. The van der Waals surface area contributed by atoms with E-state index in [0.717, 1.165) is 16.8 Å². The molecule has 3 aromatic carbocycles. The van der Waals surface area contributed by atoms with Crippen molar-refractivity contribution in [2.24, 2.45) is 0 Å². The van der Waals surface area contributed by atoms with Gasteiger partial charge in [-0.15, -0.1) is 0 Å². The highest BCUT2D eigenvalue weighted by Crippen LogP contribution is 2.27. The minimum Gasteiger partial charge on any atom is -0.248 e. The summed E-state index contributed by atoms with van der Waals surface area (Å²) in [5.41, 5.74) is 7.16. The second kappa shape index (κ2) is 8.84. The van der Waals surface area contributed by atoms with E-state index in [-0.39, 0.29) is 0 Å². The molecule has 0 aliphatic heterocycles. The van der Waals surface area contributed by atoms with Crippen LogP contribution in [0, 0.1) is 0 Å². The second-order valence-corrected chi connectivity index (χ2v) is 7.48. The highest BCUT2D eigenvalue weighted by Gasteiger charge is 2.04. The lowest BCUT2D eigenvalue weighted by Crippen LogP contribution is -1.88. The zero-order valence-corrected chi connectivity index (χ0v) is 16.6. The van der Waals surface area contributed by atoms with Crippen LogP contribution in [0.2, 0.25) is 0 Å². The minimum absolute atomic E-state index is 1.02. The molecule has 0 fully saturated rings. The summed E-state index contributed by atoms with van der Waals surface area (Å²) in [5.74, 6) is 0. The zero-order valence-electron chi connectivity index (χ0n) is 16.6. The van der Waals surface area contributed by atoms with Gasteiger partial charge in [0.25, 0.3) is 0 Å². The van der Waals surface area contributed by atoms with Gasteiger partial charge in [0.2, 0.25) is 0 Å². The lowest BCUT2D eigenvalue weighted by molar-refractivity contribution is 0.667. The first kappa shape index (κ1) is 18.4. The summed E-state index contributed by atoms with van der Waals surface area (Å²) in [6.07, 6.45) is 6.44. The van der Waals surface area contributed by atoms with E-state index in [1.165, 1.54) is 54.2 Å². The number of pyridine rings is 1. The molecule has 1 nitrogen and oxygen atoms in total. The largest absolute Gasteiger partial charge is 0.248 e. The summed E-state index contributed by atoms with van der Waals surface area (Å²) in [4.78, 5) is 4.84. The maximum absolute atomic E-state index is 4.84. The van der Waals surface area contributed by atoms with Crippen LogP contribution in [0.5, 0.6) is 0 Å². The molecule has 0 spiro atoms. The third-order valence-corrected chi connectivity index (χ3v) is 5.36. The Morgan fingerprint density at radius 3 is 2.32 bits per heavy atom. The van der Waals surface area contributed by atoms with Gasteiger partial charge in [0.1, 0.15) is 0 Å². The Balaban J connectivity index is 1.54. The fraction of sp³-hybridized carbons (Fsp3) is 0.222. The highest BCUT2D eigenvalue weighted by atomic mass is 14.7. The molecule has 140 valence electrons. The molecule has 1 heterocycles. The van der Waals surface area contributed by atoms with E-state index in [1.54, 1.807) is 0 Å². The van der Waals surface area contributed by atoms with E-state index in [2.05, 4.69) is 85.8 Å². The lowest BCUT2D eigenvalue weighted by Gasteiger charge is -2.08. The number of hydrogen-bond donors (Lipinski definition) is 0. The van der Waals surface area contributed by atoms with Gasteiger partial charge in [-0.2, -0.15) is 0 Å². The number of unbranched alkanes of at least 4 members (excludes halogenated alkanes) is 3. The van der Waals surface area contributed by atoms with E-state index in [1.807, 2.05) is 6.07 Å². The summed E-state index contributed by atoms with van der Waals surface area (Å²) in [5, 5.41) is 1.18. The van der Waals surface area contributed by atoms with Gasteiger partial charge in [0.15, 0.2) is 0 Å². The monoisotopic (exact) mass is 365 g/mol. The SMILES string of the molecule is CCCCCCc1ccc(-c2cccc(-c3ccc4ccccc4n3)c2)cc1. The number of nitrogens with zero attached hydrogens (tertiary/aromatic N) is 1. The first-order chi connectivity index (χ1) is 13.8. The number of aryl methyl sites for hydroxylation is 1. The third-order valence-electron chi connectivity index (χ3n) is 5.36. The van der Waals surface area contributed by atoms with Crippen LogP contribution in [0.4, 0.5) is 0 Å². The zero-order chi connectivity index (χ0) is 19.2. The first-order valence-electron chi connectivity index (χ1n) is 10.4. The van der Waals surface area contributed by atoms with Gasteiger partial charge in [-0.3, -0.25) is 0 Å². The molecule has 0 aliphatic rings. The molecule has 0 atom stereocenters. The maximum atomic E-state index is 4.84. The molecule has 28 heavy (non-hydrogen) atoms. The molecule has 4 rings (SSSR count). The van der Waals surface area contributed by atoms with Crippen molar-refractivity contribution >= 4 is 10.9 Å². The fourth-order valence-electron chi connectivity index (χ4n) is 3.70. The van der Waals surface area contributed by atoms with Gasteiger partial charge in [0, 0.05) is 10.9 Å². The van der Waals surface area contributed by atoms with Crippen molar-refractivity contribution in [1.29, 1.82) is 0 Å². The van der Waals surface area contributed by atoms with E-state index in [9.17, 15) is 0 Å². The molecule has 0 amide bonds. The maximum Gasteiger partial charge on any atom is 0.0709 e. The number of hydrogen-bond acceptors (Lipinski definition) is 1. The van der Waals surface area contributed by atoms with Crippen LogP contribution in [-0.4, -0.2) is 4.98 Å². The number of para-hydroxylation sites is 1. The number of aromatic nitrogens is 1. The number of fused-ring (bicyclic) bond motifs is 1. The molecule has 1 aromatic heterocycles. The summed E-state index contributed by atoms with van der Waals surface area (Å²) in [6, 6.07) is 30.3. The van der Waals surface area contributed by atoms with Crippen molar-refractivity contribution in [2.75, 3.05) is 0 Å². The molecule has 0 bridgehead atoms. The van der Waals surface area contributed by atoms with Gasteiger partial charge < -0.3 is 0 Å². The highest BCUT2D eigenvalue weighted by molar-refractivity contribution is 5.82. The molecular weight excluding hydrogens is 338 g/mol. The van der Waals surface area contributed by atoms with Gasteiger partial charge in [-0.25, -0.2) is 4.98 Å². The van der Waals surface area contributed by atoms with Crippen LogP contribution in [-0.2, 0) is 6.42 Å². The van der Waals surface area contributed by atoms with E-state index in [4.69, 9.17) is 4.98 Å². The lowest BCUT2D eigenvalue weighted by atomic mass is 9.99. The van der Waals surface area contributed by atoms with Crippen LogP contribution >= 0.6 is 0 Å². The van der Waals surface area contributed by atoms with E-state index in [0.29, 0.717) is 0 Å². The minimum atomic E-state index is 1.02. The Bertz CT molecular complexity index is 1050. The van der Waals surface area contributed by atoms with Gasteiger partial charge in [-0.1, -0.05) is 92.9 Å². The van der Waals surface area contributed by atoms with Crippen molar-refractivity contribution < 1.29 is 0 Å². The Morgan fingerprint density at radius 1 is 0.643 bits per heavy atom. The number of benzene rings is 3. The van der Waals surface area contributed by atoms with Crippen LogP contribution in [0.15, 0.2) is 84.9 Å². The Kier molecular flexibility index (Phi) is 5.82. The molecule has 0 N–H and O–H groups in total. The predicted molar refractivity (Wildman–Crippen MR) is 120 cm³/mol. The fourth-order valence-corrected chi connectivity index (χ4v) is 3.70. The third kappa shape index (κ3) is 4.31. The van der Waals surface area contributed by atoms with E-state index < -0.39 is 0 Å². The molecule has 0 unspecified atom stereocenters.